The van der Waals surface area contributed by atoms with Crippen molar-refractivity contribution in [3.63, 3.8) is 0 Å². The average Bonchev–Trinajstić information content (AvgIpc) is 2.85. The third-order valence-corrected chi connectivity index (χ3v) is 7.17. The Bertz CT molecular complexity index is 1200. The Labute approximate surface area is 214 Å². The zero-order valence-electron chi connectivity index (χ0n) is 20.5. The summed E-state index contributed by atoms with van der Waals surface area (Å²) in [4.78, 5) is 31.7. The number of Topliss-reactive ketones (excluding diaryl/α,β-unsaturated/α-hetero) is 1. The van der Waals surface area contributed by atoms with Gasteiger partial charge in [0.05, 0.1) is 20.8 Å². The summed E-state index contributed by atoms with van der Waals surface area (Å²) in [6.07, 6.45) is 1.68. The van der Waals surface area contributed by atoms with E-state index in [-0.39, 0.29) is 17.7 Å². The molecule has 1 unspecified atom stereocenters. The lowest BCUT2D eigenvalue weighted by molar-refractivity contribution is -0.146. The van der Waals surface area contributed by atoms with E-state index in [0.29, 0.717) is 42.2 Å². The first-order chi connectivity index (χ1) is 16.9. The first kappa shape index (κ1) is 25.2. The Morgan fingerprint density at radius 3 is 2.51 bits per heavy atom. The second-order valence-electron chi connectivity index (χ2n) is 8.93. The lowest BCUT2D eigenvalue weighted by atomic mass is 9.69. The molecule has 2 aromatic rings. The van der Waals surface area contributed by atoms with Gasteiger partial charge in [-0.05, 0) is 61.1 Å². The number of ether oxygens (including phenoxy) is 3. The number of esters is 1. The Balaban J connectivity index is 1.76. The zero-order valence-corrected chi connectivity index (χ0v) is 22.1. The van der Waals surface area contributed by atoms with E-state index in [4.69, 9.17) is 19.2 Å². The fourth-order valence-corrected chi connectivity index (χ4v) is 5.48. The van der Waals surface area contributed by atoms with Gasteiger partial charge in [0.2, 0.25) is 0 Å². The number of allylic oxidation sites excluding steroid dienone is 2. The summed E-state index contributed by atoms with van der Waals surface area (Å²) in [7, 11) is 3.20. The maximum absolute atomic E-state index is 13.7. The lowest BCUT2D eigenvalue weighted by Gasteiger charge is -2.36. The van der Waals surface area contributed by atoms with Gasteiger partial charge in [0.25, 0.3) is 0 Å². The number of hydrogen-bond donors (Lipinski definition) is 0. The van der Waals surface area contributed by atoms with Crippen LogP contribution in [0.3, 0.4) is 0 Å². The van der Waals surface area contributed by atoms with Crippen molar-refractivity contribution in [3.8, 4) is 11.5 Å². The van der Waals surface area contributed by atoms with Crippen LogP contribution in [0.5, 0.6) is 11.5 Å². The molecule has 4 rings (SSSR count). The molecule has 0 N–H and O–H groups in total. The largest absolute Gasteiger partial charge is 0.493 e. The Kier molecular flexibility index (Phi) is 7.75. The van der Waals surface area contributed by atoms with E-state index in [9.17, 15) is 9.59 Å². The third-order valence-electron chi connectivity index (χ3n) is 6.68. The number of rotatable bonds is 7. The van der Waals surface area contributed by atoms with Gasteiger partial charge in [-0.1, -0.05) is 41.1 Å². The predicted octanol–water partition coefficient (Wildman–Crippen LogP) is 5.99. The van der Waals surface area contributed by atoms with Crippen LogP contribution < -0.4 is 9.47 Å². The summed E-state index contributed by atoms with van der Waals surface area (Å²) >= 11 is 3.54. The molecule has 7 heteroatoms. The van der Waals surface area contributed by atoms with Crippen LogP contribution in [-0.2, 0) is 14.3 Å². The molecule has 1 aliphatic carbocycles. The Morgan fingerprint density at radius 2 is 1.83 bits per heavy atom. The first-order valence-electron chi connectivity index (χ1n) is 11.8. The van der Waals surface area contributed by atoms with Crippen LogP contribution in [0.1, 0.15) is 56.1 Å². The minimum atomic E-state index is -0.629. The molecule has 3 atom stereocenters. The van der Waals surface area contributed by atoms with Gasteiger partial charge in [-0.25, -0.2) is 0 Å². The lowest BCUT2D eigenvalue weighted by Crippen LogP contribution is -2.38. The summed E-state index contributed by atoms with van der Waals surface area (Å²) in [5.41, 5.74) is 3.96. The van der Waals surface area contributed by atoms with Gasteiger partial charge >= 0.3 is 5.97 Å². The summed E-state index contributed by atoms with van der Waals surface area (Å²) in [5, 5.41) is 0. The topological polar surface area (TPSA) is 74.2 Å². The van der Waals surface area contributed by atoms with Gasteiger partial charge in [0.15, 0.2) is 17.3 Å². The van der Waals surface area contributed by atoms with Crippen molar-refractivity contribution in [2.75, 3.05) is 20.8 Å². The van der Waals surface area contributed by atoms with Gasteiger partial charge in [0, 0.05) is 33.8 Å². The SMILES string of the molecule is CCCOC(=O)C1C(C)=NC2=C(C(=O)C[C@H](c3ccc(OC)c(OC)c3)C2)[C@@H]1c1cccc(Br)c1. The molecule has 184 valence electrons. The highest BCUT2D eigenvalue weighted by Crippen LogP contribution is 2.47. The number of benzene rings is 2. The number of hydrogen-bond acceptors (Lipinski definition) is 6. The first-order valence-corrected chi connectivity index (χ1v) is 12.6. The highest BCUT2D eigenvalue weighted by atomic mass is 79.9. The van der Waals surface area contributed by atoms with Crippen molar-refractivity contribution in [3.05, 3.63) is 69.3 Å². The molecule has 0 saturated heterocycles. The van der Waals surface area contributed by atoms with E-state index in [1.54, 1.807) is 14.2 Å². The maximum Gasteiger partial charge on any atom is 0.315 e. The van der Waals surface area contributed by atoms with Crippen molar-refractivity contribution in [1.82, 2.24) is 0 Å². The van der Waals surface area contributed by atoms with E-state index in [2.05, 4.69) is 15.9 Å². The highest BCUT2D eigenvalue weighted by Gasteiger charge is 2.44. The zero-order chi connectivity index (χ0) is 25.1. The molecule has 0 bridgehead atoms. The van der Waals surface area contributed by atoms with Crippen molar-refractivity contribution >= 4 is 33.4 Å². The number of carbonyl (C=O) groups excluding carboxylic acids is 2. The molecule has 0 radical (unpaired) electrons. The van der Waals surface area contributed by atoms with Gasteiger partial charge in [-0.15, -0.1) is 0 Å². The van der Waals surface area contributed by atoms with E-state index in [1.165, 1.54) is 0 Å². The Morgan fingerprint density at radius 1 is 1.06 bits per heavy atom. The molecule has 6 nitrogen and oxygen atoms in total. The molecule has 1 aliphatic heterocycles. The van der Waals surface area contributed by atoms with Gasteiger partial charge in [-0.2, -0.15) is 0 Å². The molecule has 0 amide bonds. The van der Waals surface area contributed by atoms with Crippen molar-refractivity contribution in [1.29, 1.82) is 0 Å². The normalized spacial score (nSPS) is 21.8. The molecule has 2 aliphatic rings. The van der Waals surface area contributed by atoms with Gasteiger partial charge in [0.1, 0.15) is 5.92 Å². The van der Waals surface area contributed by atoms with E-state index in [1.807, 2.05) is 56.3 Å². The van der Waals surface area contributed by atoms with Crippen LogP contribution in [0.25, 0.3) is 0 Å². The molecule has 2 aromatic carbocycles. The predicted molar refractivity (Wildman–Crippen MR) is 138 cm³/mol. The van der Waals surface area contributed by atoms with E-state index < -0.39 is 11.8 Å². The average molecular weight is 540 g/mol. The van der Waals surface area contributed by atoms with Crippen LogP contribution >= 0.6 is 15.9 Å². The van der Waals surface area contributed by atoms with Crippen LogP contribution in [0.15, 0.2) is 63.2 Å². The number of carbonyl (C=O) groups is 2. The number of nitrogens with zero attached hydrogens (tertiary/aromatic N) is 1. The molecular weight excluding hydrogens is 510 g/mol. The minimum absolute atomic E-state index is 0.0144. The van der Waals surface area contributed by atoms with Crippen LogP contribution in [0, 0.1) is 5.92 Å². The number of halogens is 1. The second-order valence-corrected chi connectivity index (χ2v) is 9.85. The van der Waals surface area contributed by atoms with Gasteiger partial charge < -0.3 is 14.2 Å². The standard InChI is InChI=1S/C28H30BrNO5/c1-5-11-35-28(32)25-16(2)30-21-13-19(17-9-10-23(33-3)24(15-17)34-4)14-22(31)27(21)26(25)18-7-6-8-20(29)12-18/h6-10,12,15,19,25-26H,5,11,13-14H2,1-4H3/t19-,25?,26-/m1/s1. The van der Waals surface area contributed by atoms with Crippen molar-refractivity contribution in [2.45, 2.75) is 44.9 Å². The van der Waals surface area contributed by atoms with Crippen LogP contribution in [0.4, 0.5) is 0 Å². The van der Waals surface area contributed by atoms with Crippen LogP contribution in [-0.4, -0.2) is 38.3 Å². The molecular formula is C28H30BrNO5. The fraction of sp³-hybridized carbons (Fsp3) is 0.393. The van der Waals surface area contributed by atoms with E-state index in [0.717, 1.165) is 27.7 Å². The van der Waals surface area contributed by atoms with E-state index >= 15 is 0 Å². The Hall–Kier alpha value is -2.93. The monoisotopic (exact) mass is 539 g/mol. The molecule has 0 saturated carbocycles. The minimum Gasteiger partial charge on any atom is -0.493 e. The second kappa shape index (κ2) is 10.8. The quantitative estimate of drug-likeness (QED) is 0.403. The van der Waals surface area contributed by atoms with Crippen molar-refractivity contribution < 1.29 is 23.8 Å². The summed E-state index contributed by atoms with van der Waals surface area (Å²) in [6.45, 7) is 4.16. The smallest absolute Gasteiger partial charge is 0.315 e. The summed E-state index contributed by atoms with van der Waals surface area (Å²) in [5.74, 6) is -0.136. The molecule has 1 heterocycles. The summed E-state index contributed by atoms with van der Waals surface area (Å²) in [6, 6.07) is 13.6. The van der Waals surface area contributed by atoms with Crippen molar-refractivity contribution in [2.24, 2.45) is 10.9 Å². The summed E-state index contributed by atoms with van der Waals surface area (Å²) < 4.78 is 17.3. The number of methoxy groups -OCH3 is 2. The molecule has 0 fully saturated rings. The number of aliphatic imine (C=N–C) groups is 1. The molecule has 35 heavy (non-hydrogen) atoms. The van der Waals surface area contributed by atoms with Crippen LogP contribution in [0.2, 0.25) is 0 Å². The fourth-order valence-electron chi connectivity index (χ4n) is 5.06. The molecule has 0 aromatic heterocycles. The molecule has 0 spiro atoms. The maximum atomic E-state index is 13.7. The van der Waals surface area contributed by atoms with Gasteiger partial charge in [-0.3, -0.25) is 14.6 Å². The highest BCUT2D eigenvalue weighted by molar-refractivity contribution is 9.10. The number of ketones is 1. The third kappa shape index (κ3) is 5.06.